The molecule has 0 unspecified atom stereocenters. The number of carbonyl (C=O) groups is 1. The van der Waals surface area contributed by atoms with Crippen LogP contribution in [0.3, 0.4) is 0 Å². The van der Waals surface area contributed by atoms with Crippen molar-refractivity contribution in [3.05, 3.63) is 59.6 Å². The molecule has 4 rings (SSSR count). The summed E-state index contributed by atoms with van der Waals surface area (Å²) in [6, 6.07) is 3.19. The molecule has 1 aliphatic heterocycles. The van der Waals surface area contributed by atoms with Crippen molar-refractivity contribution in [2.24, 2.45) is 0 Å². The van der Waals surface area contributed by atoms with Gasteiger partial charge in [-0.1, -0.05) is 0 Å². The Kier molecular flexibility index (Phi) is 3.56. The van der Waals surface area contributed by atoms with E-state index in [1.807, 2.05) is 20.0 Å². The maximum atomic E-state index is 13.4. The van der Waals surface area contributed by atoms with Gasteiger partial charge in [0.2, 0.25) is 0 Å². The van der Waals surface area contributed by atoms with Crippen LogP contribution in [-0.2, 0) is 13.1 Å². The van der Waals surface area contributed by atoms with Crippen molar-refractivity contribution in [3.63, 3.8) is 0 Å². The molecule has 1 aliphatic rings. The molecule has 0 aromatic carbocycles. The first-order valence-electron chi connectivity index (χ1n) is 8.02. The lowest BCUT2D eigenvalue weighted by molar-refractivity contribution is 0.0996. The van der Waals surface area contributed by atoms with Crippen LogP contribution in [0.25, 0.3) is 11.3 Å². The number of amides is 1. The lowest BCUT2D eigenvalue weighted by Crippen LogP contribution is -2.22. The molecular weight excluding hydrogens is 321 g/mol. The van der Waals surface area contributed by atoms with Gasteiger partial charge in [-0.3, -0.25) is 24.3 Å². The number of anilines is 1. The second kappa shape index (κ2) is 5.77. The SMILES string of the molecule is CCn1cc(N2Cc3nc(-c4cncc(F)c4)cc(C)c3C2=O)cn1. The predicted molar refractivity (Wildman–Crippen MR) is 90.6 cm³/mol. The van der Waals surface area contributed by atoms with E-state index in [-0.39, 0.29) is 5.91 Å². The zero-order valence-electron chi connectivity index (χ0n) is 13.9. The first-order valence-corrected chi connectivity index (χ1v) is 8.02. The van der Waals surface area contributed by atoms with E-state index < -0.39 is 5.82 Å². The van der Waals surface area contributed by atoms with Gasteiger partial charge in [0.15, 0.2) is 0 Å². The number of aryl methyl sites for hydroxylation is 2. The van der Waals surface area contributed by atoms with Gasteiger partial charge in [0.1, 0.15) is 5.82 Å². The van der Waals surface area contributed by atoms with Crippen LogP contribution in [-0.4, -0.2) is 25.7 Å². The number of fused-ring (bicyclic) bond motifs is 1. The van der Waals surface area contributed by atoms with Gasteiger partial charge in [-0.2, -0.15) is 5.10 Å². The summed E-state index contributed by atoms with van der Waals surface area (Å²) in [5, 5.41) is 4.23. The van der Waals surface area contributed by atoms with Gasteiger partial charge in [-0.25, -0.2) is 4.39 Å². The summed E-state index contributed by atoms with van der Waals surface area (Å²) in [6.45, 7) is 4.97. The normalized spacial score (nSPS) is 13.4. The van der Waals surface area contributed by atoms with Gasteiger partial charge < -0.3 is 0 Å². The van der Waals surface area contributed by atoms with E-state index in [0.717, 1.165) is 24.0 Å². The second-order valence-electron chi connectivity index (χ2n) is 5.98. The van der Waals surface area contributed by atoms with Crippen molar-refractivity contribution >= 4 is 11.6 Å². The lowest BCUT2D eigenvalue weighted by atomic mass is 10.1. The molecule has 0 N–H and O–H groups in total. The first-order chi connectivity index (χ1) is 12.1. The van der Waals surface area contributed by atoms with Crippen LogP contribution in [0.1, 0.15) is 28.5 Å². The maximum absolute atomic E-state index is 13.4. The summed E-state index contributed by atoms with van der Waals surface area (Å²) in [5.74, 6) is -0.498. The fourth-order valence-corrected chi connectivity index (χ4v) is 3.07. The van der Waals surface area contributed by atoms with E-state index in [4.69, 9.17) is 0 Å². The lowest BCUT2D eigenvalue weighted by Gasteiger charge is -2.12. The molecule has 0 atom stereocenters. The largest absolute Gasteiger partial charge is 0.299 e. The molecule has 3 aromatic rings. The molecule has 0 bridgehead atoms. The number of pyridine rings is 2. The minimum Gasteiger partial charge on any atom is -0.299 e. The molecule has 3 aromatic heterocycles. The van der Waals surface area contributed by atoms with E-state index in [0.29, 0.717) is 29.1 Å². The van der Waals surface area contributed by atoms with Crippen LogP contribution in [0.15, 0.2) is 36.9 Å². The highest BCUT2D eigenvalue weighted by Gasteiger charge is 2.32. The number of hydrogen-bond donors (Lipinski definition) is 0. The van der Waals surface area contributed by atoms with Gasteiger partial charge >= 0.3 is 0 Å². The highest BCUT2D eigenvalue weighted by atomic mass is 19.1. The molecule has 7 heteroatoms. The van der Waals surface area contributed by atoms with Crippen molar-refractivity contribution in [2.45, 2.75) is 26.9 Å². The third-order valence-electron chi connectivity index (χ3n) is 4.31. The summed E-state index contributed by atoms with van der Waals surface area (Å²) < 4.78 is 15.2. The maximum Gasteiger partial charge on any atom is 0.260 e. The minimum absolute atomic E-state index is 0.0837. The van der Waals surface area contributed by atoms with Crippen molar-refractivity contribution in [1.82, 2.24) is 19.7 Å². The van der Waals surface area contributed by atoms with Crippen LogP contribution >= 0.6 is 0 Å². The number of carbonyl (C=O) groups excluding carboxylic acids is 1. The molecule has 6 nitrogen and oxygen atoms in total. The Hall–Kier alpha value is -3.09. The van der Waals surface area contributed by atoms with E-state index in [9.17, 15) is 9.18 Å². The van der Waals surface area contributed by atoms with Gasteiger partial charge in [0.05, 0.1) is 41.6 Å². The summed E-state index contributed by atoms with van der Waals surface area (Å²) in [4.78, 5) is 22.9. The molecule has 0 aliphatic carbocycles. The van der Waals surface area contributed by atoms with Crippen LogP contribution < -0.4 is 4.90 Å². The molecule has 0 radical (unpaired) electrons. The van der Waals surface area contributed by atoms with Crippen molar-refractivity contribution < 1.29 is 9.18 Å². The first kappa shape index (κ1) is 15.4. The van der Waals surface area contributed by atoms with E-state index in [1.165, 1.54) is 6.07 Å². The molecule has 0 spiro atoms. The fourth-order valence-electron chi connectivity index (χ4n) is 3.07. The van der Waals surface area contributed by atoms with Crippen LogP contribution in [0.5, 0.6) is 0 Å². The van der Waals surface area contributed by atoms with Gasteiger partial charge in [0, 0.05) is 24.5 Å². The Bertz CT molecular complexity index is 981. The zero-order valence-corrected chi connectivity index (χ0v) is 13.9. The highest BCUT2D eigenvalue weighted by molar-refractivity contribution is 6.10. The average Bonchev–Trinajstić information content (AvgIpc) is 3.19. The molecular formula is C18H16FN5O. The van der Waals surface area contributed by atoms with E-state index in [1.54, 1.807) is 28.0 Å². The number of aromatic nitrogens is 4. The van der Waals surface area contributed by atoms with Crippen molar-refractivity contribution in [3.8, 4) is 11.3 Å². The molecule has 1 amide bonds. The highest BCUT2D eigenvalue weighted by Crippen LogP contribution is 2.31. The van der Waals surface area contributed by atoms with Gasteiger partial charge in [-0.05, 0) is 31.5 Å². The molecule has 126 valence electrons. The number of nitrogens with zero attached hydrogens (tertiary/aromatic N) is 5. The smallest absolute Gasteiger partial charge is 0.260 e. The molecule has 25 heavy (non-hydrogen) atoms. The number of halogens is 1. The van der Waals surface area contributed by atoms with Crippen LogP contribution in [0.4, 0.5) is 10.1 Å². The molecule has 0 saturated carbocycles. The fraction of sp³-hybridized carbons (Fsp3) is 0.222. The Labute approximate surface area is 143 Å². The summed E-state index contributed by atoms with van der Waals surface area (Å²) in [6.07, 6.45) is 6.24. The monoisotopic (exact) mass is 337 g/mol. The number of hydrogen-bond acceptors (Lipinski definition) is 4. The Morgan fingerprint density at radius 1 is 1.24 bits per heavy atom. The predicted octanol–water partition coefficient (Wildman–Crippen LogP) is 2.97. The van der Waals surface area contributed by atoms with Gasteiger partial charge in [0.25, 0.3) is 5.91 Å². The average molecular weight is 337 g/mol. The van der Waals surface area contributed by atoms with Crippen LogP contribution in [0.2, 0.25) is 0 Å². The van der Waals surface area contributed by atoms with Crippen LogP contribution in [0, 0.1) is 12.7 Å². The van der Waals surface area contributed by atoms with E-state index >= 15 is 0 Å². The van der Waals surface area contributed by atoms with Crippen molar-refractivity contribution in [1.29, 1.82) is 0 Å². The summed E-state index contributed by atoms with van der Waals surface area (Å²) >= 11 is 0. The summed E-state index contributed by atoms with van der Waals surface area (Å²) in [5.41, 5.74) is 4.07. The van der Waals surface area contributed by atoms with E-state index in [2.05, 4.69) is 15.1 Å². The molecule has 0 fully saturated rings. The second-order valence-corrected chi connectivity index (χ2v) is 5.98. The Balaban J connectivity index is 1.74. The topological polar surface area (TPSA) is 63.9 Å². The van der Waals surface area contributed by atoms with Crippen molar-refractivity contribution in [2.75, 3.05) is 4.90 Å². The third-order valence-corrected chi connectivity index (χ3v) is 4.31. The number of rotatable bonds is 3. The third kappa shape index (κ3) is 2.57. The standard InChI is InChI=1S/C18H16FN5O/c1-3-23-9-14(8-21-23)24-10-16-17(18(24)25)11(2)4-15(22-16)12-5-13(19)7-20-6-12/h4-9H,3,10H2,1-2H3. The Morgan fingerprint density at radius 3 is 2.80 bits per heavy atom. The molecule has 4 heterocycles. The zero-order chi connectivity index (χ0) is 17.6. The summed E-state index contributed by atoms with van der Waals surface area (Å²) in [7, 11) is 0. The Morgan fingerprint density at radius 2 is 2.08 bits per heavy atom. The quantitative estimate of drug-likeness (QED) is 0.737. The minimum atomic E-state index is -0.415. The molecule has 0 saturated heterocycles. The van der Waals surface area contributed by atoms with Gasteiger partial charge in [-0.15, -0.1) is 0 Å².